The minimum atomic E-state index is -0.0263. The summed E-state index contributed by atoms with van der Waals surface area (Å²) in [5.41, 5.74) is 2.66. The van der Waals surface area contributed by atoms with Gasteiger partial charge in [-0.1, -0.05) is 13.8 Å². The normalized spacial score (nSPS) is 13.6. The van der Waals surface area contributed by atoms with Gasteiger partial charge in [0, 0.05) is 43.6 Å². The van der Waals surface area contributed by atoms with E-state index in [9.17, 15) is 4.79 Å². The number of carbonyl (C=O) groups is 1. The van der Waals surface area contributed by atoms with Crippen LogP contribution < -0.4 is 10.2 Å². The molecule has 0 aliphatic carbocycles. The van der Waals surface area contributed by atoms with Crippen LogP contribution in [0, 0.1) is 6.92 Å². The number of benzene rings is 1. The highest BCUT2D eigenvalue weighted by atomic mass is 16.2. The molecule has 1 N–H and O–H groups in total. The lowest BCUT2D eigenvalue weighted by molar-refractivity contribution is 0.0749. The molecule has 2 heterocycles. The molecule has 0 unspecified atom stereocenters. The third-order valence-corrected chi connectivity index (χ3v) is 4.94. The summed E-state index contributed by atoms with van der Waals surface area (Å²) in [6.45, 7) is 9.75. The molecule has 6 heteroatoms. The Balaban J connectivity index is 1.74. The lowest BCUT2D eigenvalue weighted by Crippen LogP contribution is -2.33. The molecule has 1 saturated heterocycles. The number of nitrogens with zero attached hydrogens (tertiary/aromatic N) is 4. The molecule has 1 aromatic heterocycles. The Labute approximate surface area is 168 Å². The Kier molecular flexibility index (Phi) is 6.85. The fourth-order valence-corrected chi connectivity index (χ4v) is 3.64. The van der Waals surface area contributed by atoms with Gasteiger partial charge in [-0.05, 0) is 56.9 Å². The first-order valence-corrected chi connectivity index (χ1v) is 10.4. The lowest BCUT2D eigenvalue weighted by Gasteiger charge is -2.21. The first-order chi connectivity index (χ1) is 13.6. The van der Waals surface area contributed by atoms with Crippen molar-refractivity contribution < 1.29 is 4.79 Å². The Hall–Kier alpha value is -2.63. The van der Waals surface area contributed by atoms with Crippen LogP contribution in [-0.4, -0.2) is 47.0 Å². The van der Waals surface area contributed by atoms with E-state index in [4.69, 9.17) is 0 Å². The average molecular weight is 382 g/mol. The Bertz CT molecular complexity index is 778. The monoisotopic (exact) mass is 381 g/mol. The van der Waals surface area contributed by atoms with Gasteiger partial charge in [0.25, 0.3) is 5.91 Å². The SMILES string of the molecule is CCCN(CCC)C(=O)c1cc(Nc2ccc(N3CCCC3)cc2)nc(C)n1. The number of aryl methyl sites for hydroxylation is 1. The van der Waals surface area contributed by atoms with E-state index < -0.39 is 0 Å². The predicted octanol–water partition coefficient (Wildman–Crippen LogP) is 4.39. The molecular weight excluding hydrogens is 350 g/mol. The quantitative estimate of drug-likeness (QED) is 0.735. The number of carbonyl (C=O) groups excluding carboxylic acids is 1. The van der Waals surface area contributed by atoms with Gasteiger partial charge in [-0.3, -0.25) is 4.79 Å². The van der Waals surface area contributed by atoms with E-state index in [2.05, 4.69) is 58.3 Å². The van der Waals surface area contributed by atoms with E-state index in [-0.39, 0.29) is 5.91 Å². The number of rotatable bonds is 8. The number of aromatic nitrogens is 2. The maximum Gasteiger partial charge on any atom is 0.272 e. The molecule has 2 aromatic rings. The molecule has 1 aromatic carbocycles. The Morgan fingerprint density at radius 2 is 1.71 bits per heavy atom. The minimum absolute atomic E-state index is 0.0263. The molecular formula is C22H31N5O. The maximum absolute atomic E-state index is 12.9. The van der Waals surface area contributed by atoms with Gasteiger partial charge in [-0.25, -0.2) is 9.97 Å². The van der Waals surface area contributed by atoms with Crippen molar-refractivity contribution in [2.45, 2.75) is 46.5 Å². The Morgan fingerprint density at radius 3 is 2.32 bits per heavy atom. The highest BCUT2D eigenvalue weighted by Gasteiger charge is 2.17. The molecule has 1 fully saturated rings. The average Bonchev–Trinajstić information content (AvgIpc) is 3.22. The predicted molar refractivity (Wildman–Crippen MR) is 114 cm³/mol. The smallest absolute Gasteiger partial charge is 0.272 e. The second kappa shape index (κ2) is 9.53. The van der Waals surface area contributed by atoms with E-state index in [0.29, 0.717) is 17.3 Å². The number of amides is 1. The summed E-state index contributed by atoms with van der Waals surface area (Å²) < 4.78 is 0. The third-order valence-electron chi connectivity index (χ3n) is 4.94. The molecule has 0 atom stereocenters. The van der Waals surface area contributed by atoms with Crippen LogP contribution in [0.15, 0.2) is 30.3 Å². The molecule has 28 heavy (non-hydrogen) atoms. The van der Waals surface area contributed by atoms with Crippen LogP contribution >= 0.6 is 0 Å². The molecule has 0 radical (unpaired) electrons. The second-order valence-corrected chi connectivity index (χ2v) is 7.34. The zero-order valence-corrected chi connectivity index (χ0v) is 17.2. The molecule has 0 bridgehead atoms. The largest absolute Gasteiger partial charge is 0.372 e. The Morgan fingerprint density at radius 1 is 1.07 bits per heavy atom. The third kappa shape index (κ3) is 5.00. The fourth-order valence-electron chi connectivity index (χ4n) is 3.64. The van der Waals surface area contributed by atoms with Crippen LogP contribution in [0.25, 0.3) is 0 Å². The van der Waals surface area contributed by atoms with Gasteiger partial charge in [0.05, 0.1) is 0 Å². The summed E-state index contributed by atoms with van der Waals surface area (Å²) in [7, 11) is 0. The molecule has 0 spiro atoms. The topological polar surface area (TPSA) is 61.4 Å². The van der Waals surface area contributed by atoms with Crippen molar-refractivity contribution in [3.63, 3.8) is 0 Å². The summed E-state index contributed by atoms with van der Waals surface area (Å²) in [6, 6.07) is 10.2. The number of hydrogen-bond acceptors (Lipinski definition) is 5. The van der Waals surface area contributed by atoms with Crippen LogP contribution in [0.3, 0.4) is 0 Å². The summed E-state index contributed by atoms with van der Waals surface area (Å²) >= 11 is 0. The van der Waals surface area contributed by atoms with Crippen molar-refractivity contribution in [1.82, 2.24) is 14.9 Å². The van der Waals surface area contributed by atoms with Gasteiger partial charge in [0.1, 0.15) is 17.3 Å². The first kappa shape index (κ1) is 20.1. The van der Waals surface area contributed by atoms with Crippen molar-refractivity contribution >= 4 is 23.1 Å². The van der Waals surface area contributed by atoms with Gasteiger partial charge in [-0.15, -0.1) is 0 Å². The van der Waals surface area contributed by atoms with Gasteiger partial charge in [0.2, 0.25) is 0 Å². The lowest BCUT2D eigenvalue weighted by atomic mass is 10.2. The van der Waals surface area contributed by atoms with Crippen molar-refractivity contribution in [2.75, 3.05) is 36.4 Å². The number of nitrogens with one attached hydrogen (secondary N) is 1. The van der Waals surface area contributed by atoms with Crippen LogP contribution in [-0.2, 0) is 0 Å². The van der Waals surface area contributed by atoms with E-state index in [1.54, 1.807) is 6.07 Å². The van der Waals surface area contributed by atoms with E-state index in [1.807, 2.05) is 11.8 Å². The van der Waals surface area contributed by atoms with Crippen molar-refractivity contribution in [3.8, 4) is 0 Å². The van der Waals surface area contributed by atoms with Crippen molar-refractivity contribution in [1.29, 1.82) is 0 Å². The summed E-state index contributed by atoms with van der Waals surface area (Å²) in [4.78, 5) is 26.0. The number of anilines is 3. The molecule has 6 nitrogen and oxygen atoms in total. The minimum Gasteiger partial charge on any atom is -0.372 e. The standard InChI is InChI=1S/C22H31N5O/c1-4-12-27(13-5-2)22(28)20-16-21(24-17(3)23-20)25-18-8-10-19(11-9-18)26-14-6-7-15-26/h8-11,16H,4-7,12-15H2,1-3H3,(H,23,24,25). The molecule has 150 valence electrons. The van der Waals surface area contributed by atoms with Crippen LogP contribution in [0.5, 0.6) is 0 Å². The summed E-state index contributed by atoms with van der Waals surface area (Å²) in [5.74, 6) is 1.22. The van der Waals surface area contributed by atoms with Gasteiger partial charge < -0.3 is 15.1 Å². The van der Waals surface area contributed by atoms with E-state index in [1.165, 1.54) is 18.5 Å². The highest BCUT2D eigenvalue weighted by molar-refractivity contribution is 5.93. The summed E-state index contributed by atoms with van der Waals surface area (Å²) in [6.07, 6.45) is 4.41. The maximum atomic E-state index is 12.9. The van der Waals surface area contributed by atoms with Crippen LogP contribution in [0.1, 0.15) is 55.8 Å². The molecule has 1 aliphatic heterocycles. The van der Waals surface area contributed by atoms with E-state index >= 15 is 0 Å². The fraction of sp³-hybridized carbons (Fsp3) is 0.500. The van der Waals surface area contributed by atoms with Gasteiger partial charge in [-0.2, -0.15) is 0 Å². The van der Waals surface area contributed by atoms with Gasteiger partial charge >= 0.3 is 0 Å². The summed E-state index contributed by atoms with van der Waals surface area (Å²) in [5, 5.41) is 3.32. The first-order valence-electron chi connectivity index (χ1n) is 10.4. The highest BCUT2D eigenvalue weighted by Crippen LogP contribution is 2.23. The van der Waals surface area contributed by atoms with E-state index in [0.717, 1.165) is 44.7 Å². The zero-order chi connectivity index (χ0) is 19.9. The zero-order valence-electron chi connectivity index (χ0n) is 17.2. The molecule has 1 amide bonds. The van der Waals surface area contributed by atoms with Crippen LogP contribution in [0.2, 0.25) is 0 Å². The molecule has 3 rings (SSSR count). The molecule has 1 aliphatic rings. The van der Waals surface area contributed by atoms with Crippen molar-refractivity contribution in [3.05, 3.63) is 41.9 Å². The van der Waals surface area contributed by atoms with Crippen molar-refractivity contribution in [2.24, 2.45) is 0 Å². The second-order valence-electron chi connectivity index (χ2n) is 7.34. The van der Waals surface area contributed by atoms with Gasteiger partial charge in [0.15, 0.2) is 0 Å². The number of hydrogen-bond donors (Lipinski definition) is 1. The van der Waals surface area contributed by atoms with Crippen LogP contribution in [0.4, 0.5) is 17.2 Å². The molecule has 0 saturated carbocycles.